The van der Waals surface area contributed by atoms with Crippen LogP contribution in [0.15, 0.2) is 58.4 Å². The highest BCUT2D eigenvalue weighted by Crippen LogP contribution is 2.32. The first-order chi connectivity index (χ1) is 10.1. The van der Waals surface area contributed by atoms with Gasteiger partial charge in [-0.1, -0.05) is 47.6 Å². The molecule has 0 saturated heterocycles. The van der Waals surface area contributed by atoms with Crippen molar-refractivity contribution in [2.75, 3.05) is 0 Å². The van der Waals surface area contributed by atoms with Crippen molar-refractivity contribution in [3.8, 4) is 5.75 Å². The van der Waals surface area contributed by atoms with Gasteiger partial charge in [0.15, 0.2) is 0 Å². The van der Waals surface area contributed by atoms with Gasteiger partial charge in [0.25, 0.3) is 5.91 Å². The number of nitrogens with zero attached hydrogens (tertiary/aromatic N) is 1. The van der Waals surface area contributed by atoms with Crippen molar-refractivity contribution in [2.24, 2.45) is 4.99 Å². The van der Waals surface area contributed by atoms with E-state index in [4.69, 9.17) is 11.6 Å². The Bertz CT molecular complexity index is 749. The van der Waals surface area contributed by atoms with Crippen LogP contribution in [0.3, 0.4) is 0 Å². The number of hydrogen-bond donors (Lipinski definition) is 1. The van der Waals surface area contributed by atoms with E-state index in [0.717, 1.165) is 11.1 Å². The van der Waals surface area contributed by atoms with Crippen molar-refractivity contribution in [3.63, 3.8) is 0 Å². The molecule has 1 heterocycles. The highest BCUT2D eigenvalue weighted by Gasteiger charge is 2.22. The number of halogens is 1. The van der Waals surface area contributed by atoms with E-state index >= 15 is 0 Å². The molecule has 0 spiro atoms. The molecule has 0 fully saturated rings. The monoisotopic (exact) mass is 315 g/mol. The van der Waals surface area contributed by atoms with Gasteiger partial charge in [-0.25, -0.2) is 4.99 Å². The van der Waals surface area contributed by atoms with E-state index in [9.17, 15) is 9.90 Å². The Hall–Kier alpha value is -2.04. The van der Waals surface area contributed by atoms with E-state index in [1.807, 2.05) is 12.1 Å². The van der Waals surface area contributed by atoms with Crippen molar-refractivity contribution in [2.45, 2.75) is 0 Å². The number of carbonyl (C=O) groups is 1. The summed E-state index contributed by atoms with van der Waals surface area (Å²) in [7, 11) is 0. The summed E-state index contributed by atoms with van der Waals surface area (Å²) in [5.41, 5.74) is 1.71. The third-order valence-corrected chi connectivity index (χ3v) is 4.19. The fourth-order valence-corrected chi connectivity index (χ4v) is 2.89. The third-order valence-electron chi connectivity index (χ3n) is 2.90. The van der Waals surface area contributed by atoms with Crippen LogP contribution in [0, 0.1) is 0 Å². The first kappa shape index (κ1) is 13.9. The largest absolute Gasteiger partial charge is 0.508 e. The number of amides is 1. The van der Waals surface area contributed by atoms with Crippen LogP contribution >= 0.6 is 23.4 Å². The Morgan fingerprint density at radius 3 is 2.38 bits per heavy atom. The molecule has 5 heteroatoms. The quantitative estimate of drug-likeness (QED) is 0.849. The van der Waals surface area contributed by atoms with Crippen molar-refractivity contribution in [1.29, 1.82) is 0 Å². The molecule has 21 heavy (non-hydrogen) atoms. The third kappa shape index (κ3) is 3.17. The standard InChI is InChI=1S/C16H10ClNO2S/c17-12-5-3-11(4-6-12)16-18-15(20)14(21-16)9-10-1-7-13(19)8-2-10/h1-9,19H/b14-9-. The summed E-state index contributed by atoms with van der Waals surface area (Å²) in [4.78, 5) is 16.6. The molecule has 0 unspecified atom stereocenters. The van der Waals surface area contributed by atoms with Crippen LogP contribution in [0.4, 0.5) is 0 Å². The van der Waals surface area contributed by atoms with Crippen LogP contribution in [-0.4, -0.2) is 16.1 Å². The second kappa shape index (κ2) is 5.76. The topological polar surface area (TPSA) is 49.7 Å². The number of benzene rings is 2. The summed E-state index contributed by atoms with van der Waals surface area (Å²) >= 11 is 7.18. The van der Waals surface area contributed by atoms with Gasteiger partial charge in [0.2, 0.25) is 0 Å². The van der Waals surface area contributed by atoms with Gasteiger partial charge in [0.1, 0.15) is 10.8 Å². The fourth-order valence-electron chi connectivity index (χ4n) is 1.85. The average molecular weight is 316 g/mol. The first-order valence-electron chi connectivity index (χ1n) is 6.19. The molecular weight excluding hydrogens is 306 g/mol. The van der Waals surface area contributed by atoms with Gasteiger partial charge in [-0.3, -0.25) is 4.79 Å². The molecule has 1 aliphatic heterocycles. The van der Waals surface area contributed by atoms with Crippen LogP contribution in [0.2, 0.25) is 5.02 Å². The second-order valence-corrected chi connectivity index (χ2v) is 5.90. The molecule has 104 valence electrons. The highest BCUT2D eigenvalue weighted by atomic mass is 35.5. The van der Waals surface area contributed by atoms with Crippen LogP contribution in [0.5, 0.6) is 5.75 Å². The summed E-state index contributed by atoms with van der Waals surface area (Å²) in [6.45, 7) is 0. The smallest absolute Gasteiger partial charge is 0.284 e. The molecule has 1 aliphatic rings. The van der Waals surface area contributed by atoms with E-state index in [-0.39, 0.29) is 11.7 Å². The second-order valence-electron chi connectivity index (χ2n) is 4.43. The van der Waals surface area contributed by atoms with E-state index in [1.54, 1.807) is 42.5 Å². The van der Waals surface area contributed by atoms with E-state index in [2.05, 4.69) is 4.99 Å². The molecule has 2 aromatic carbocycles. The summed E-state index contributed by atoms with van der Waals surface area (Å²) in [5, 5.41) is 10.6. The summed E-state index contributed by atoms with van der Waals surface area (Å²) in [6, 6.07) is 13.9. The molecule has 1 N–H and O–H groups in total. The molecule has 3 nitrogen and oxygen atoms in total. The summed E-state index contributed by atoms with van der Waals surface area (Å²) in [5.74, 6) is -0.0568. The number of aliphatic imine (C=N–C) groups is 1. The Balaban J connectivity index is 1.84. The van der Waals surface area contributed by atoms with Gasteiger partial charge >= 0.3 is 0 Å². The molecule has 0 atom stereocenters. The molecule has 0 aromatic heterocycles. The molecule has 3 rings (SSSR count). The predicted octanol–water partition coefficient (Wildman–Crippen LogP) is 4.11. The Morgan fingerprint density at radius 1 is 1.05 bits per heavy atom. The number of rotatable bonds is 2. The van der Waals surface area contributed by atoms with Crippen LogP contribution < -0.4 is 0 Å². The molecule has 0 radical (unpaired) electrons. The van der Waals surface area contributed by atoms with Gasteiger partial charge in [-0.15, -0.1) is 0 Å². The number of aromatic hydroxyl groups is 1. The van der Waals surface area contributed by atoms with Crippen LogP contribution in [-0.2, 0) is 4.79 Å². The Morgan fingerprint density at radius 2 is 1.71 bits per heavy atom. The van der Waals surface area contributed by atoms with E-state index < -0.39 is 0 Å². The Labute approximate surface area is 131 Å². The zero-order chi connectivity index (χ0) is 14.8. The molecule has 2 aromatic rings. The summed E-state index contributed by atoms with van der Waals surface area (Å²) < 4.78 is 0. The lowest BCUT2D eigenvalue weighted by atomic mass is 10.2. The van der Waals surface area contributed by atoms with Gasteiger partial charge in [-0.2, -0.15) is 0 Å². The summed E-state index contributed by atoms with van der Waals surface area (Å²) in [6.07, 6.45) is 1.76. The molecule has 0 saturated carbocycles. The minimum Gasteiger partial charge on any atom is -0.508 e. The number of hydrogen-bond acceptors (Lipinski definition) is 3. The van der Waals surface area contributed by atoms with Gasteiger partial charge in [0, 0.05) is 10.6 Å². The van der Waals surface area contributed by atoms with Crippen molar-refractivity contribution >= 4 is 40.4 Å². The van der Waals surface area contributed by atoms with Crippen LogP contribution in [0.25, 0.3) is 6.08 Å². The van der Waals surface area contributed by atoms with Crippen molar-refractivity contribution in [1.82, 2.24) is 0 Å². The lowest BCUT2D eigenvalue weighted by molar-refractivity contribution is -0.113. The number of phenols is 1. The van der Waals surface area contributed by atoms with Crippen LogP contribution in [0.1, 0.15) is 11.1 Å². The lowest BCUT2D eigenvalue weighted by Gasteiger charge is -1.99. The maximum atomic E-state index is 11.9. The molecular formula is C16H10ClNO2S. The number of carbonyl (C=O) groups excluding carboxylic acids is 1. The highest BCUT2D eigenvalue weighted by molar-refractivity contribution is 8.19. The first-order valence-corrected chi connectivity index (χ1v) is 7.39. The minimum absolute atomic E-state index is 0.195. The molecule has 0 bridgehead atoms. The predicted molar refractivity (Wildman–Crippen MR) is 86.7 cm³/mol. The van der Waals surface area contributed by atoms with Crippen molar-refractivity contribution < 1.29 is 9.90 Å². The fraction of sp³-hybridized carbons (Fsp3) is 0. The van der Waals surface area contributed by atoms with Gasteiger partial charge < -0.3 is 5.11 Å². The van der Waals surface area contributed by atoms with E-state index in [1.165, 1.54) is 11.8 Å². The number of thioether (sulfide) groups is 1. The maximum absolute atomic E-state index is 11.9. The van der Waals surface area contributed by atoms with Gasteiger partial charge in [-0.05, 0) is 35.9 Å². The normalized spacial score (nSPS) is 16.3. The number of phenolic OH excluding ortho intramolecular Hbond substituents is 1. The van der Waals surface area contributed by atoms with E-state index in [0.29, 0.717) is 15.0 Å². The zero-order valence-electron chi connectivity index (χ0n) is 10.8. The van der Waals surface area contributed by atoms with Gasteiger partial charge in [0.05, 0.1) is 4.91 Å². The molecule has 0 aliphatic carbocycles. The van der Waals surface area contributed by atoms with Crippen molar-refractivity contribution in [3.05, 3.63) is 69.6 Å². The lowest BCUT2D eigenvalue weighted by Crippen LogP contribution is -1.90. The Kier molecular flexibility index (Phi) is 3.82. The molecule has 1 amide bonds. The maximum Gasteiger partial charge on any atom is 0.284 e. The SMILES string of the molecule is O=C1N=C(c2ccc(Cl)cc2)S/C1=C\c1ccc(O)cc1. The zero-order valence-corrected chi connectivity index (χ0v) is 12.4. The average Bonchev–Trinajstić information content (AvgIpc) is 2.83. The minimum atomic E-state index is -0.252.